The first-order chi connectivity index (χ1) is 16.2. The number of aromatic nitrogens is 2. The first-order valence-electron chi connectivity index (χ1n) is 10.8. The Balaban J connectivity index is 1.50. The van der Waals surface area contributed by atoms with Crippen LogP contribution in [0.25, 0.3) is 5.69 Å². The highest BCUT2D eigenvalue weighted by Crippen LogP contribution is 2.44. The van der Waals surface area contributed by atoms with Crippen molar-refractivity contribution in [2.75, 3.05) is 11.7 Å². The van der Waals surface area contributed by atoms with E-state index in [4.69, 9.17) is 21.7 Å². The molecule has 6 rings (SSSR count). The van der Waals surface area contributed by atoms with Crippen molar-refractivity contribution in [3.05, 3.63) is 102 Å². The highest BCUT2D eigenvalue weighted by molar-refractivity contribution is 7.80. The zero-order valence-corrected chi connectivity index (χ0v) is 18.8. The molecule has 0 saturated carbocycles. The summed E-state index contributed by atoms with van der Waals surface area (Å²) in [6.45, 7) is 2.33. The van der Waals surface area contributed by atoms with Gasteiger partial charge in [0.2, 0.25) is 6.79 Å². The summed E-state index contributed by atoms with van der Waals surface area (Å²) in [5.74, 6) is 1.47. The van der Waals surface area contributed by atoms with Gasteiger partial charge in [-0.2, -0.15) is 0 Å². The summed E-state index contributed by atoms with van der Waals surface area (Å²) in [4.78, 5) is 6.80. The maximum absolute atomic E-state index is 5.86. The molecule has 2 aliphatic heterocycles. The van der Waals surface area contributed by atoms with Gasteiger partial charge >= 0.3 is 0 Å². The Hall–Kier alpha value is -3.84. The van der Waals surface area contributed by atoms with Crippen LogP contribution >= 0.6 is 12.2 Å². The van der Waals surface area contributed by atoms with Gasteiger partial charge in [-0.3, -0.25) is 4.98 Å². The van der Waals surface area contributed by atoms with Crippen LogP contribution in [0.4, 0.5) is 5.69 Å². The van der Waals surface area contributed by atoms with E-state index in [2.05, 4.69) is 69.3 Å². The number of ether oxygens (including phenoxy) is 2. The predicted molar refractivity (Wildman–Crippen MR) is 131 cm³/mol. The lowest BCUT2D eigenvalue weighted by Gasteiger charge is -2.29. The van der Waals surface area contributed by atoms with Crippen LogP contribution in [0.1, 0.15) is 29.0 Å². The molecule has 1 N–H and O–H groups in total. The van der Waals surface area contributed by atoms with Gasteiger partial charge in [0.25, 0.3) is 0 Å². The number of rotatable bonds is 4. The Labute approximate surface area is 197 Å². The molecule has 0 radical (unpaired) electrons. The highest BCUT2D eigenvalue weighted by atomic mass is 32.1. The van der Waals surface area contributed by atoms with E-state index in [1.54, 1.807) is 0 Å². The van der Waals surface area contributed by atoms with Crippen molar-refractivity contribution in [1.29, 1.82) is 0 Å². The van der Waals surface area contributed by atoms with Crippen molar-refractivity contribution in [2.24, 2.45) is 0 Å². The molecule has 7 heteroatoms. The highest BCUT2D eigenvalue weighted by Gasteiger charge is 2.42. The topological polar surface area (TPSA) is 51.6 Å². The molecule has 1 saturated heterocycles. The molecule has 1 fully saturated rings. The largest absolute Gasteiger partial charge is 0.454 e. The van der Waals surface area contributed by atoms with E-state index in [0.717, 1.165) is 34.3 Å². The molecule has 0 unspecified atom stereocenters. The standard InChI is InChI=1S/C26H22N4O2S/c1-17-7-9-18(10-8-17)29-14-4-6-21(29)25-24(20-5-2-3-13-27-20)28-26(33)30(25)19-11-12-22-23(15-19)32-16-31-22/h2-15,24-25H,16H2,1H3,(H,28,33)/t24-,25-/m0/s1. The van der Waals surface area contributed by atoms with E-state index in [1.165, 1.54) is 5.56 Å². The second-order valence-corrected chi connectivity index (χ2v) is 8.56. The Morgan fingerprint density at radius 2 is 1.76 bits per heavy atom. The molecule has 0 spiro atoms. The van der Waals surface area contributed by atoms with E-state index in [9.17, 15) is 0 Å². The molecule has 2 aliphatic rings. The molecule has 4 heterocycles. The minimum atomic E-state index is -0.122. The molecule has 164 valence electrons. The molecular formula is C26H22N4O2S. The van der Waals surface area contributed by atoms with Crippen LogP contribution in [-0.4, -0.2) is 21.5 Å². The number of anilines is 1. The number of aryl methyl sites for hydroxylation is 1. The second kappa shape index (κ2) is 7.94. The van der Waals surface area contributed by atoms with Crippen LogP contribution in [0, 0.1) is 6.92 Å². The number of nitrogens with zero attached hydrogens (tertiary/aromatic N) is 3. The number of fused-ring (bicyclic) bond motifs is 1. The van der Waals surface area contributed by atoms with Crippen molar-refractivity contribution in [1.82, 2.24) is 14.9 Å². The van der Waals surface area contributed by atoms with E-state index in [-0.39, 0.29) is 18.9 Å². The number of pyridine rings is 1. The second-order valence-electron chi connectivity index (χ2n) is 8.17. The van der Waals surface area contributed by atoms with Crippen LogP contribution in [0.2, 0.25) is 0 Å². The van der Waals surface area contributed by atoms with Gasteiger partial charge in [0, 0.05) is 35.5 Å². The van der Waals surface area contributed by atoms with Crippen molar-refractivity contribution >= 4 is 23.0 Å². The Kier molecular flexibility index (Phi) is 4.77. The summed E-state index contributed by atoms with van der Waals surface area (Å²) in [7, 11) is 0. The summed E-state index contributed by atoms with van der Waals surface area (Å²) in [5.41, 5.74) is 5.31. The van der Waals surface area contributed by atoms with Gasteiger partial charge in [0.05, 0.1) is 11.7 Å². The lowest BCUT2D eigenvalue weighted by atomic mass is 10.0. The first-order valence-corrected chi connectivity index (χ1v) is 11.2. The Morgan fingerprint density at radius 3 is 2.58 bits per heavy atom. The van der Waals surface area contributed by atoms with Crippen LogP contribution in [0.5, 0.6) is 11.5 Å². The third kappa shape index (κ3) is 3.41. The lowest BCUT2D eigenvalue weighted by molar-refractivity contribution is 0.174. The third-order valence-corrected chi connectivity index (χ3v) is 6.44. The fourth-order valence-corrected chi connectivity index (χ4v) is 4.89. The number of hydrogen-bond donors (Lipinski definition) is 1. The molecule has 33 heavy (non-hydrogen) atoms. The lowest BCUT2D eigenvalue weighted by Crippen LogP contribution is -2.30. The van der Waals surface area contributed by atoms with E-state index >= 15 is 0 Å². The number of benzene rings is 2. The van der Waals surface area contributed by atoms with Crippen LogP contribution < -0.4 is 19.7 Å². The first kappa shape index (κ1) is 19.8. The normalized spacial score (nSPS) is 19.1. The van der Waals surface area contributed by atoms with Gasteiger partial charge in [-0.1, -0.05) is 23.8 Å². The summed E-state index contributed by atoms with van der Waals surface area (Å²) < 4.78 is 13.4. The van der Waals surface area contributed by atoms with Gasteiger partial charge in [-0.05, 0) is 67.7 Å². The van der Waals surface area contributed by atoms with E-state index < -0.39 is 0 Å². The molecule has 6 nitrogen and oxygen atoms in total. The molecule has 0 amide bonds. The summed E-state index contributed by atoms with van der Waals surface area (Å²) in [6.07, 6.45) is 3.91. The smallest absolute Gasteiger partial charge is 0.231 e. The fourth-order valence-electron chi connectivity index (χ4n) is 4.54. The molecule has 2 aromatic carbocycles. The number of hydrogen-bond acceptors (Lipinski definition) is 4. The Bertz CT molecular complexity index is 1320. The van der Waals surface area contributed by atoms with Crippen molar-refractivity contribution in [3.8, 4) is 17.2 Å². The van der Waals surface area contributed by atoms with Crippen LogP contribution in [-0.2, 0) is 0 Å². The zero-order chi connectivity index (χ0) is 22.4. The van der Waals surface area contributed by atoms with Crippen LogP contribution in [0.15, 0.2) is 85.2 Å². The third-order valence-electron chi connectivity index (χ3n) is 6.13. The fraction of sp³-hybridized carbons (Fsp3) is 0.154. The molecule has 4 aromatic rings. The maximum atomic E-state index is 5.86. The molecule has 0 bridgehead atoms. The number of nitrogens with one attached hydrogen (secondary N) is 1. The maximum Gasteiger partial charge on any atom is 0.231 e. The predicted octanol–water partition coefficient (Wildman–Crippen LogP) is 5.09. The summed E-state index contributed by atoms with van der Waals surface area (Å²) in [6, 6.07) is 24.4. The van der Waals surface area contributed by atoms with Gasteiger partial charge in [0.1, 0.15) is 6.04 Å². The molecule has 2 aromatic heterocycles. The van der Waals surface area contributed by atoms with E-state index in [0.29, 0.717) is 5.11 Å². The Morgan fingerprint density at radius 1 is 0.939 bits per heavy atom. The average Bonchev–Trinajstić information content (AvgIpc) is 3.57. The average molecular weight is 455 g/mol. The van der Waals surface area contributed by atoms with E-state index in [1.807, 2.05) is 42.6 Å². The van der Waals surface area contributed by atoms with Crippen LogP contribution in [0.3, 0.4) is 0 Å². The van der Waals surface area contributed by atoms with Gasteiger partial charge in [-0.15, -0.1) is 0 Å². The van der Waals surface area contributed by atoms with Crippen molar-refractivity contribution in [2.45, 2.75) is 19.0 Å². The minimum Gasteiger partial charge on any atom is -0.454 e. The summed E-state index contributed by atoms with van der Waals surface area (Å²) >= 11 is 5.86. The van der Waals surface area contributed by atoms with Gasteiger partial charge < -0.3 is 24.3 Å². The summed E-state index contributed by atoms with van der Waals surface area (Å²) in [5, 5.41) is 4.17. The molecule has 2 atom stereocenters. The monoisotopic (exact) mass is 454 g/mol. The van der Waals surface area contributed by atoms with Gasteiger partial charge in [-0.25, -0.2) is 0 Å². The molecule has 0 aliphatic carbocycles. The number of thiocarbonyl (C=S) groups is 1. The SMILES string of the molecule is Cc1ccc(-n2cccc2[C@H]2[C@H](c3ccccn3)NC(=S)N2c2ccc3c(c2)OCO3)cc1. The zero-order valence-electron chi connectivity index (χ0n) is 18.0. The molecular weight excluding hydrogens is 432 g/mol. The minimum absolute atomic E-state index is 0.121. The quantitative estimate of drug-likeness (QED) is 0.434. The van der Waals surface area contributed by atoms with Gasteiger partial charge in [0.15, 0.2) is 16.6 Å². The van der Waals surface area contributed by atoms with Crippen molar-refractivity contribution < 1.29 is 9.47 Å². The van der Waals surface area contributed by atoms with Crippen molar-refractivity contribution in [3.63, 3.8) is 0 Å².